The summed E-state index contributed by atoms with van der Waals surface area (Å²) in [6.45, 7) is 0. The fourth-order valence-corrected chi connectivity index (χ4v) is 0. The SMILES string of the molecule is F.[Cl-].[Cl-].[Mg+2]. The predicted molar refractivity (Wildman–Crippen MR) is 8.26 cm³/mol. The summed E-state index contributed by atoms with van der Waals surface area (Å²) in [6.07, 6.45) is 0. The molecule has 0 aliphatic heterocycles. The number of halogens is 3. The van der Waals surface area contributed by atoms with Gasteiger partial charge in [-0.3, -0.25) is 4.70 Å². The fraction of sp³-hybridized carbons (Fsp3) is 0. The van der Waals surface area contributed by atoms with Crippen molar-refractivity contribution in [2.45, 2.75) is 0 Å². The molecule has 24 valence electrons. The molecule has 0 fully saturated rings. The summed E-state index contributed by atoms with van der Waals surface area (Å²) in [5.74, 6) is 0. The smallest absolute Gasteiger partial charge is 1.00 e. The predicted octanol–water partition coefficient (Wildman–Crippen LogP) is -6.22. The molecule has 0 amide bonds. The molecule has 0 aliphatic carbocycles. The van der Waals surface area contributed by atoms with E-state index in [1.54, 1.807) is 0 Å². The minimum atomic E-state index is 0. The third-order valence-corrected chi connectivity index (χ3v) is 0. The molecule has 0 rings (SSSR count). The second-order valence-corrected chi connectivity index (χ2v) is 0. The van der Waals surface area contributed by atoms with Crippen molar-refractivity contribution in [2.24, 2.45) is 0 Å². The van der Waals surface area contributed by atoms with Crippen molar-refractivity contribution in [3.63, 3.8) is 0 Å². The van der Waals surface area contributed by atoms with Crippen LogP contribution in [-0.2, 0) is 0 Å². The molecule has 0 spiro atoms. The van der Waals surface area contributed by atoms with E-state index in [4.69, 9.17) is 0 Å². The monoisotopic (exact) mass is 114 g/mol. The molecule has 0 bridgehead atoms. The average molecular weight is 115 g/mol. The largest absolute Gasteiger partial charge is 2.00 e. The van der Waals surface area contributed by atoms with Crippen LogP contribution in [0.3, 0.4) is 0 Å². The maximum absolute atomic E-state index is 0. The molecular formula is HCl2FMg. The Bertz CT molecular complexity index is 6.00. The molecule has 4 heteroatoms. The molecule has 0 saturated carbocycles. The van der Waals surface area contributed by atoms with Crippen LogP contribution >= 0.6 is 0 Å². The normalized spacial score (nSPS) is 0. The van der Waals surface area contributed by atoms with E-state index in [1.165, 1.54) is 0 Å². The van der Waals surface area contributed by atoms with E-state index >= 15 is 0 Å². The van der Waals surface area contributed by atoms with Crippen LogP contribution < -0.4 is 24.8 Å². The van der Waals surface area contributed by atoms with Gasteiger partial charge in [-0.1, -0.05) is 0 Å². The van der Waals surface area contributed by atoms with Crippen molar-refractivity contribution in [2.75, 3.05) is 0 Å². The van der Waals surface area contributed by atoms with Gasteiger partial charge in [0.1, 0.15) is 0 Å². The number of rotatable bonds is 0. The average Bonchev–Trinajstić information content (AvgIpc) is 0. The van der Waals surface area contributed by atoms with E-state index in [0.717, 1.165) is 0 Å². The maximum atomic E-state index is 0. The van der Waals surface area contributed by atoms with Crippen LogP contribution in [0.1, 0.15) is 0 Å². The van der Waals surface area contributed by atoms with Crippen LogP contribution in [0, 0.1) is 0 Å². The maximum Gasteiger partial charge on any atom is 2.00 e. The first kappa shape index (κ1) is 59.2. The molecule has 0 N–H and O–H groups in total. The van der Waals surface area contributed by atoms with Crippen LogP contribution in [0.25, 0.3) is 0 Å². The first-order chi connectivity index (χ1) is 0. The zero-order valence-corrected chi connectivity index (χ0v) is 4.80. The molecule has 0 aromatic carbocycles. The molecular weight excluding hydrogens is 114 g/mol. The Labute approximate surface area is 52.7 Å². The van der Waals surface area contributed by atoms with E-state index in [1.807, 2.05) is 0 Å². The zero-order chi connectivity index (χ0) is 0. The first-order valence-corrected chi connectivity index (χ1v) is 0. The Balaban J connectivity index is 0. The van der Waals surface area contributed by atoms with Crippen molar-refractivity contribution in [3.8, 4) is 0 Å². The molecule has 0 heterocycles. The first-order valence-electron chi connectivity index (χ1n) is 0. The zero-order valence-electron chi connectivity index (χ0n) is 1.87. The van der Waals surface area contributed by atoms with Gasteiger partial charge in [0.15, 0.2) is 0 Å². The van der Waals surface area contributed by atoms with Gasteiger partial charge in [-0.25, -0.2) is 0 Å². The summed E-state index contributed by atoms with van der Waals surface area (Å²) < 4.78 is 0. The molecule has 0 nitrogen and oxygen atoms in total. The summed E-state index contributed by atoms with van der Waals surface area (Å²) >= 11 is 0. The van der Waals surface area contributed by atoms with Crippen LogP contribution in [0.15, 0.2) is 0 Å². The van der Waals surface area contributed by atoms with Gasteiger partial charge in [0.05, 0.1) is 0 Å². The van der Waals surface area contributed by atoms with Crippen molar-refractivity contribution >= 4 is 23.1 Å². The molecule has 0 aromatic heterocycles. The van der Waals surface area contributed by atoms with Gasteiger partial charge >= 0.3 is 23.1 Å². The number of hydrogen-bond donors (Lipinski definition) is 0. The van der Waals surface area contributed by atoms with Crippen molar-refractivity contribution in [1.82, 2.24) is 0 Å². The summed E-state index contributed by atoms with van der Waals surface area (Å²) in [6, 6.07) is 0. The van der Waals surface area contributed by atoms with Crippen molar-refractivity contribution in [3.05, 3.63) is 0 Å². The fourth-order valence-electron chi connectivity index (χ4n) is 0. The Kier molecular flexibility index (Phi) is 417. The van der Waals surface area contributed by atoms with Gasteiger partial charge < -0.3 is 24.8 Å². The summed E-state index contributed by atoms with van der Waals surface area (Å²) in [4.78, 5) is 0. The van der Waals surface area contributed by atoms with Gasteiger partial charge in [-0.05, 0) is 0 Å². The third kappa shape index (κ3) is 10.4. The van der Waals surface area contributed by atoms with Crippen molar-refractivity contribution < 1.29 is 29.5 Å². The van der Waals surface area contributed by atoms with Crippen LogP contribution in [0.5, 0.6) is 0 Å². The van der Waals surface area contributed by atoms with E-state index in [2.05, 4.69) is 0 Å². The minimum absolute atomic E-state index is 0. The van der Waals surface area contributed by atoms with Gasteiger partial charge in [0.25, 0.3) is 0 Å². The summed E-state index contributed by atoms with van der Waals surface area (Å²) in [5, 5.41) is 0. The molecule has 0 aromatic rings. The number of hydrogen-bond acceptors (Lipinski definition) is 0. The molecule has 0 unspecified atom stereocenters. The molecule has 4 heavy (non-hydrogen) atoms. The second-order valence-electron chi connectivity index (χ2n) is 0. The molecule has 0 radical (unpaired) electrons. The Hall–Kier alpha value is 1.28. The summed E-state index contributed by atoms with van der Waals surface area (Å²) in [7, 11) is 0. The molecule has 0 aliphatic rings. The van der Waals surface area contributed by atoms with E-state index in [9.17, 15) is 0 Å². The summed E-state index contributed by atoms with van der Waals surface area (Å²) in [5.41, 5.74) is 0. The molecule has 0 saturated heterocycles. The van der Waals surface area contributed by atoms with Gasteiger partial charge in [0, 0.05) is 0 Å². The van der Waals surface area contributed by atoms with E-state index in [0.29, 0.717) is 0 Å². The van der Waals surface area contributed by atoms with E-state index < -0.39 is 0 Å². The quantitative estimate of drug-likeness (QED) is 0.276. The standard InChI is InChI=1S/2ClH.FH.Mg/h3*1H;/q;;;+2/p-2. The second kappa shape index (κ2) is 28.2. The van der Waals surface area contributed by atoms with Gasteiger partial charge in [0.2, 0.25) is 0 Å². The Morgan fingerprint density at radius 1 is 0.750 bits per heavy atom. The van der Waals surface area contributed by atoms with Gasteiger partial charge in [-0.2, -0.15) is 0 Å². The van der Waals surface area contributed by atoms with Crippen LogP contribution in [-0.4, -0.2) is 23.1 Å². The Morgan fingerprint density at radius 2 is 0.750 bits per heavy atom. The van der Waals surface area contributed by atoms with Crippen molar-refractivity contribution in [1.29, 1.82) is 0 Å². The topological polar surface area (TPSA) is 0 Å². The minimum Gasteiger partial charge on any atom is -1.00 e. The molecule has 0 atom stereocenters. The third-order valence-electron chi connectivity index (χ3n) is 0. The Morgan fingerprint density at radius 3 is 0.750 bits per heavy atom. The van der Waals surface area contributed by atoms with Crippen LogP contribution in [0.4, 0.5) is 4.70 Å². The van der Waals surface area contributed by atoms with Crippen LogP contribution in [0.2, 0.25) is 0 Å². The van der Waals surface area contributed by atoms with E-state index in [-0.39, 0.29) is 52.6 Å². The van der Waals surface area contributed by atoms with Gasteiger partial charge in [-0.15, -0.1) is 0 Å².